The second-order valence-corrected chi connectivity index (χ2v) is 7.21. The fourth-order valence-electron chi connectivity index (χ4n) is 3.06. The summed E-state index contributed by atoms with van der Waals surface area (Å²) in [6, 6.07) is 10.5. The lowest BCUT2D eigenvalue weighted by molar-refractivity contribution is -0.274. The molecule has 1 aromatic carbocycles. The highest BCUT2D eigenvalue weighted by Crippen LogP contribution is 2.24. The predicted molar refractivity (Wildman–Crippen MR) is 92.6 cm³/mol. The van der Waals surface area contributed by atoms with E-state index in [1.54, 1.807) is 17.4 Å². The summed E-state index contributed by atoms with van der Waals surface area (Å²) >= 11 is 1.77. The molecule has 2 aromatic rings. The first kappa shape index (κ1) is 18.2. The molecule has 3 nitrogen and oxygen atoms in total. The van der Waals surface area contributed by atoms with Crippen LogP contribution in [0.15, 0.2) is 41.8 Å². The van der Waals surface area contributed by atoms with Gasteiger partial charge in [0.2, 0.25) is 0 Å². The topological polar surface area (TPSA) is 15.7 Å². The molecule has 0 aliphatic carbocycles. The fourth-order valence-corrected chi connectivity index (χ4v) is 3.81. The zero-order valence-electron chi connectivity index (χ0n) is 13.8. The highest BCUT2D eigenvalue weighted by molar-refractivity contribution is 7.09. The number of hydrogen-bond donors (Lipinski definition) is 0. The molecule has 136 valence electrons. The van der Waals surface area contributed by atoms with Crippen molar-refractivity contribution >= 4 is 11.3 Å². The largest absolute Gasteiger partial charge is 0.573 e. The molecule has 25 heavy (non-hydrogen) atoms. The smallest absolute Gasteiger partial charge is 0.406 e. The molecule has 0 N–H and O–H groups in total. The molecule has 0 bridgehead atoms. The van der Waals surface area contributed by atoms with E-state index in [4.69, 9.17) is 0 Å². The maximum absolute atomic E-state index is 12.3. The number of nitrogens with zero attached hydrogens (tertiary/aromatic N) is 2. The summed E-state index contributed by atoms with van der Waals surface area (Å²) in [4.78, 5) is 6.10. The van der Waals surface area contributed by atoms with E-state index in [9.17, 15) is 13.2 Å². The maximum Gasteiger partial charge on any atom is 0.573 e. The minimum absolute atomic E-state index is 0.154. The van der Waals surface area contributed by atoms with Gasteiger partial charge in [0.1, 0.15) is 5.75 Å². The summed E-state index contributed by atoms with van der Waals surface area (Å²) in [5, 5.41) is 2.09. The molecule has 1 fully saturated rings. The average Bonchev–Trinajstić information content (AvgIpc) is 2.94. The molecule has 0 atom stereocenters. The van der Waals surface area contributed by atoms with Crippen molar-refractivity contribution in [3.05, 3.63) is 52.2 Å². The molecular formula is C18H21F3N2OS. The minimum Gasteiger partial charge on any atom is -0.406 e. The van der Waals surface area contributed by atoms with Crippen LogP contribution in [0.5, 0.6) is 5.75 Å². The summed E-state index contributed by atoms with van der Waals surface area (Å²) in [5.74, 6) is -0.154. The van der Waals surface area contributed by atoms with Crippen molar-refractivity contribution in [2.75, 3.05) is 26.2 Å². The SMILES string of the molecule is FC(F)(F)Oc1cccc(CN2CCCN(Cc3cccs3)CC2)c1. The molecule has 3 rings (SSSR count). The quantitative estimate of drug-likeness (QED) is 0.778. The zero-order valence-corrected chi connectivity index (χ0v) is 14.7. The lowest BCUT2D eigenvalue weighted by atomic mass is 10.2. The molecule has 1 aliphatic heterocycles. The molecule has 7 heteroatoms. The minimum atomic E-state index is -4.65. The van der Waals surface area contributed by atoms with Crippen LogP contribution in [0.1, 0.15) is 16.9 Å². The van der Waals surface area contributed by atoms with Gasteiger partial charge in [-0.1, -0.05) is 18.2 Å². The first-order valence-electron chi connectivity index (χ1n) is 8.30. The summed E-state index contributed by atoms with van der Waals surface area (Å²) in [6.07, 6.45) is -3.59. The Labute approximate surface area is 149 Å². The Morgan fingerprint density at radius 3 is 2.40 bits per heavy atom. The summed E-state index contributed by atoms with van der Waals surface area (Å²) in [5.41, 5.74) is 0.841. The van der Waals surface area contributed by atoms with Gasteiger partial charge < -0.3 is 4.74 Å². The van der Waals surface area contributed by atoms with Crippen LogP contribution < -0.4 is 4.74 Å². The van der Waals surface area contributed by atoms with Gasteiger partial charge in [0.15, 0.2) is 0 Å². The predicted octanol–water partition coefficient (Wildman–Crippen LogP) is 4.35. The van der Waals surface area contributed by atoms with Gasteiger partial charge in [-0.15, -0.1) is 24.5 Å². The molecule has 0 radical (unpaired) electrons. The first-order chi connectivity index (χ1) is 12.0. The van der Waals surface area contributed by atoms with Gasteiger partial charge in [-0.05, 0) is 48.7 Å². The van der Waals surface area contributed by atoms with E-state index in [0.717, 1.165) is 44.7 Å². The van der Waals surface area contributed by atoms with Crippen LogP contribution in [-0.2, 0) is 13.1 Å². The van der Waals surface area contributed by atoms with E-state index in [1.165, 1.54) is 17.0 Å². The number of halogens is 3. The van der Waals surface area contributed by atoms with Crippen molar-refractivity contribution in [2.24, 2.45) is 0 Å². The second kappa shape index (κ2) is 8.21. The molecule has 1 aliphatic rings. The number of rotatable bonds is 5. The summed E-state index contributed by atoms with van der Waals surface area (Å²) < 4.78 is 41.0. The van der Waals surface area contributed by atoms with E-state index in [1.807, 2.05) is 6.07 Å². The van der Waals surface area contributed by atoms with Crippen molar-refractivity contribution < 1.29 is 17.9 Å². The number of alkyl halides is 3. The maximum atomic E-state index is 12.3. The molecule has 0 spiro atoms. The van der Waals surface area contributed by atoms with Crippen molar-refractivity contribution in [1.29, 1.82) is 0 Å². The standard InChI is InChI=1S/C18H21F3N2OS/c19-18(20,21)24-16-5-1-4-15(12-16)13-22-7-3-8-23(10-9-22)14-17-6-2-11-25-17/h1-2,4-6,11-12H,3,7-10,13-14H2. The van der Waals surface area contributed by atoms with Crippen LogP contribution in [0.3, 0.4) is 0 Å². The third kappa shape index (κ3) is 6.02. The third-order valence-corrected chi connectivity index (χ3v) is 5.04. The Morgan fingerprint density at radius 2 is 1.72 bits per heavy atom. The fraction of sp³-hybridized carbons (Fsp3) is 0.444. The Morgan fingerprint density at radius 1 is 0.960 bits per heavy atom. The Kier molecular flexibility index (Phi) is 5.98. The second-order valence-electron chi connectivity index (χ2n) is 6.18. The van der Waals surface area contributed by atoms with E-state index >= 15 is 0 Å². The number of thiophene rings is 1. The van der Waals surface area contributed by atoms with Crippen LogP contribution in [0.25, 0.3) is 0 Å². The molecule has 0 saturated carbocycles. The van der Waals surface area contributed by atoms with Gasteiger partial charge in [-0.2, -0.15) is 0 Å². The van der Waals surface area contributed by atoms with Gasteiger partial charge in [-0.3, -0.25) is 9.80 Å². The monoisotopic (exact) mass is 370 g/mol. The number of ether oxygens (including phenoxy) is 1. The van der Waals surface area contributed by atoms with Crippen LogP contribution in [0.2, 0.25) is 0 Å². The van der Waals surface area contributed by atoms with Crippen molar-refractivity contribution in [2.45, 2.75) is 25.9 Å². The Balaban J connectivity index is 1.54. The van der Waals surface area contributed by atoms with Gasteiger partial charge in [0.05, 0.1) is 0 Å². The Bertz CT molecular complexity index is 661. The normalized spacial score (nSPS) is 17.4. The Hall–Kier alpha value is -1.57. The zero-order chi connectivity index (χ0) is 17.7. The van der Waals surface area contributed by atoms with Crippen LogP contribution in [0, 0.1) is 0 Å². The van der Waals surface area contributed by atoms with Crippen molar-refractivity contribution in [3.63, 3.8) is 0 Å². The summed E-state index contributed by atoms with van der Waals surface area (Å²) in [7, 11) is 0. The van der Waals surface area contributed by atoms with Crippen LogP contribution >= 0.6 is 11.3 Å². The average molecular weight is 370 g/mol. The van der Waals surface area contributed by atoms with Crippen molar-refractivity contribution in [1.82, 2.24) is 9.80 Å². The molecule has 2 heterocycles. The van der Waals surface area contributed by atoms with Gasteiger partial charge in [0, 0.05) is 31.1 Å². The number of hydrogen-bond acceptors (Lipinski definition) is 4. The van der Waals surface area contributed by atoms with E-state index < -0.39 is 6.36 Å². The lowest BCUT2D eigenvalue weighted by Gasteiger charge is -2.21. The molecule has 1 aromatic heterocycles. The number of benzene rings is 1. The van der Waals surface area contributed by atoms with Crippen LogP contribution in [-0.4, -0.2) is 42.3 Å². The van der Waals surface area contributed by atoms with E-state index in [-0.39, 0.29) is 5.75 Å². The summed E-state index contributed by atoms with van der Waals surface area (Å²) in [6.45, 7) is 5.49. The lowest BCUT2D eigenvalue weighted by Crippen LogP contribution is -2.30. The molecule has 0 unspecified atom stereocenters. The van der Waals surface area contributed by atoms with Gasteiger partial charge in [-0.25, -0.2) is 0 Å². The third-order valence-electron chi connectivity index (χ3n) is 4.18. The van der Waals surface area contributed by atoms with Crippen molar-refractivity contribution in [3.8, 4) is 5.75 Å². The van der Waals surface area contributed by atoms with E-state index in [2.05, 4.69) is 32.0 Å². The molecule has 0 amide bonds. The van der Waals surface area contributed by atoms with Gasteiger partial charge >= 0.3 is 6.36 Å². The highest BCUT2D eigenvalue weighted by Gasteiger charge is 2.31. The van der Waals surface area contributed by atoms with Crippen LogP contribution in [0.4, 0.5) is 13.2 Å². The van der Waals surface area contributed by atoms with E-state index in [0.29, 0.717) is 6.54 Å². The molecular weight excluding hydrogens is 349 g/mol. The molecule has 1 saturated heterocycles. The van der Waals surface area contributed by atoms with Gasteiger partial charge in [0.25, 0.3) is 0 Å². The highest BCUT2D eigenvalue weighted by atomic mass is 32.1. The first-order valence-corrected chi connectivity index (χ1v) is 9.18.